The van der Waals surface area contributed by atoms with Crippen LogP contribution in [0.25, 0.3) is 4.96 Å². The number of nitrogens with zero attached hydrogens (tertiary/aromatic N) is 7. The maximum Gasteiger partial charge on any atom is 0.406 e. The summed E-state index contributed by atoms with van der Waals surface area (Å²) in [5.41, 5.74) is 0.674. The van der Waals surface area contributed by atoms with Crippen LogP contribution in [0.5, 0.6) is 0 Å². The van der Waals surface area contributed by atoms with Crippen LogP contribution in [0.2, 0.25) is 0 Å². The molecule has 0 spiro atoms. The van der Waals surface area contributed by atoms with E-state index in [2.05, 4.69) is 14.9 Å². The maximum absolute atomic E-state index is 12.1. The molecule has 0 amide bonds. The Kier molecular flexibility index (Phi) is 4.17. The van der Waals surface area contributed by atoms with Gasteiger partial charge in [0.1, 0.15) is 0 Å². The van der Waals surface area contributed by atoms with Gasteiger partial charge in [0, 0.05) is 57.4 Å². The average molecular weight is 375 g/mol. The number of rotatable bonds is 4. The number of piperazine rings is 1. The van der Waals surface area contributed by atoms with E-state index in [9.17, 15) is 14.9 Å². The highest BCUT2D eigenvalue weighted by atomic mass is 32.1. The Morgan fingerprint density at radius 2 is 2.08 bits per heavy atom. The second kappa shape index (κ2) is 6.50. The molecular weight excluding hydrogens is 358 g/mol. The molecule has 4 heterocycles. The molecule has 1 fully saturated rings. The summed E-state index contributed by atoms with van der Waals surface area (Å²) in [6.07, 6.45) is 3.19. The number of aryl methyl sites for hydroxylation is 1. The third-order valence-corrected chi connectivity index (χ3v) is 5.23. The minimum Gasteiger partial charge on any atom is -0.358 e. The van der Waals surface area contributed by atoms with Crippen molar-refractivity contribution in [2.24, 2.45) is 7.05 Å². The fourth-order valence-electron chi connectivity index (χ4n) is 3.22. The number of hydrogen-bond acceptors (Lipinski definition) is 8. The predicted octanol–water partition coefficient (Wildman–Crippen LogP) is 0.720. The van der Waals surface area contributed by atoms with E-state index < -0.39 is 4.92 Å². The van der Waals surface area contributed by atoms with Crippen LogP contribution in [-0.2, 0) is 13.6 Å². The van der Waals surface area contributed by atoms with Crippen molar-refractivity contribution in [2.75, 3.05) is 31.1 Å². The number of aromatic nitrogens is 4. The van der Waals surface area contributed by atoms with Gasteiger partial charge in [-0.25, -0.2) is 4.98 Å². The summed E-state index contributed by atoms with van der Waals surface area (Å²) in [6.45, 7) is 3.35. The van der Waals surface area contributed by atoms with Crippen molar-refractivity contribution in [1.29, 1.82) is 0 Å². The lowest BCUT2D eigenvalue weighted by Gasteiger charge is -2.35. The Hall–Kier alpha value is -2.79. The zero-order valence-corrected chi connectivity index (χ0v) is 14.9. The third kappa shape index (κ3) is 2.95. The van der Waals surface area contributed by atoms with Crippen molar-refractivity contribution in [1.82, 2.24) is 23.8 Å². The van der Waals surface area contributed by atoms with Crippen LogP contribution in [0, 0.1) is 10.1 Å². The topological polar surface area (TPSA) is 102 Å². The molecule has 0 aliphatic carbocycles. The van der Waals surface area contributed by atoms with E-state index in [-0.39, 0.29) is 11.4 Å². The van der Waals surface area contributed by atoms with Crippen molar-refractivity contribution in [2.45, 2.75) is 6.54 Å². The van der Waals surface area contributed by atoms with Gasteiger partial charge in [-0.1, -0.05) is 0 Å². The number of fused-ring (bicyclic) bond motifs is 1. The lowest BCUT2D eigenvalue weighted by Crippen LogP contribution is -2.46. The number of anilines is 1. The van der Waals surface area contributed by atoms with Gasteiger partial charge in [0.05, 0.1) is 5.69 Å². The number of hydrogen-bond donors (Lipinski definition) is 0. The molecule has 0 N–H and O–H groups in total. The molecule has 0 atom stereocenters. The predicted molar refractivity (Wildman–Crippen MR) is 96.7 cm³/mol. The summed E-state index contributed by atoms with van der Waals surface area (Å²) < 4.78 is 3.22. The first-order chi connectivity index (χ1) is 12.5. The smallest absolute Gasteiger partial charge is 0.358 e. The Labute approximate surface area is 152 Å². The molecule has 10 nitrogen and oxygen atoms in total. The van der Waals surface area contributed by atoms with Gasteiger partial charge in [0.2, 0.25) is 12.1 Å². The molecular formula is C15H17N7O3S. The molecule has 1 aliphatic heterocycles. The quantitative estimate of drug-likeness (QED) is 0.489. The first-order valence-corrected chi connectivity index (χ1v) is 8.99. The lowest BCUT2D eigenvalue weighted by atomic mass is 10.3. The molecule has 0 aromatic carbocycles. The van der Waals surface area contributed by atoms with E-state index in [0.717, 1.165) is 18.8 Å². The zero-order chi connectivity index (χ0) is 18.3. The summed E-state index contributed by atoms with van der Waals surface area (Å²) in [5, 5.41) is 13.0. The van der Waals surface area contributed by atoms with E-state index in [0.29, 0.717) is 30.4 Å². The van der Waals surface area contributed by atoms with E-state index in [1.807, 2.05) is 10.3 Å². The summed E-state index contributed by atoms with van der Waals surface area (Å²) >= 11 is 1.43. The van der Waals surface area contributed by atoms with Crippen molar-refractivity contribution >= 4 is 27.9 Å². The van der Waals surface area contributed by atoms with Gasteiger partial charge in [-0.3, -0.25) is 18.7 Å². The Morgan fingerprint density at radius 1 is 1.31 bits per heavy atom. The maximum atomic E-state index is 12.1. The second-order valence-electron chi connectivity index (χ2n) is 6.16. The molecule has 3 aromatic rings. The van der Waals surface area contributed by atoms with E-state index in [1.165, 1.54) is 22.1 Å². The van der Waals surface area contributed by atoms with Crippen LogP contribution in [0.15, 0.2) is 28.8 Å². The summed E-state index contributed by atoms with van der Waals surface area (Å²) in [5.74, 6) is 0.421. The number of thiazole rings is 1. The van der Waals surface area contributed by atoms with Gasteiger partial charge in [-0.2, -0.15) is 0 Å². The first kappa shape index (κ1) is 16.7. The summed E-state index contributed by atoms with van der Waals surface area (Å²) in [4.78, 5) is 36.1. The zero-order valence-electron chi connectivity index (χ0n) is 14.1. The molecule has 0 bridgehead atoms. The van der Waals surface area contributed by atoms with Gasteiger partial charge in [0.25, 0.3) is 5.56 Å². The summed E-state index contributed by atoms with van der Waals surface area (Å²) in [7, 11) is 1.76. The monoisotopic (exact) mass is 375 g/mol. The average Bonchev–Trinajstić information content (AvgIpc) is 3.22. The minimum atomic E-state index is -0.449. The second-order valence-corrected chi connectivity index (χ2v) is 7.04. The van der Waals surface area contributed by atoms with Crippen LogP contribution < -0.4 is 10.5 Å². The van der Waals surface area contributed by atoms with E-state index in [1.54, 1.807) is 23.9 Å². The normalized spacial score (nSPS) is 15.7. The van der Waals surface area contributed by atoms with Crippen LogP contribution in [0.3, 0.4) is 0 Å². The van der Waals surface area contributed by atoms with Gasteiger partial charge in [-0.05, 0) is 9.91 Å². The molecule has 4 rings (SSSR count). The highest BCUT2D eigenvalue weighted by molar-refractivity contribution is 7.15. The molecule has 0 radical (unpaired) electrons. The van der Waals surface area contributed by atoms with Crippen molar-refractivity contribution in [3.8, 4) is 0 Å². The molecule has 3 aromatic heterocycles. The van der Waals surface area contributed by atoms with Crippen LogP contribution in [-0.4, -0.2) is 54.9 Å². The van der Waals surface area contributed by atoms with Gasteiger partial charge >= 0.3 is 5.82 Å². The van der Waals surface area contributed by atoms with Crippen molar-refractivity contribution in [3.63, 3.8) is 0 Å². The largest absolute Gasteiger partial charge is 0.406 e. The fraction of sp³-hybridized carbons (Fsp3) is 0.400. The van der Waals surface area contributed by atoms with Crippen molar-refractivity contribution in [3.05, 3.63) is 50.1 Å². The SMILES string of the molecule is Cn1cnc([N+](=O)[O-])c1N1CCN(Cc2cc(=O)n3ccsc3n2)CC1. The molecule has 11 heteroatoms. The lowest BCUT2D eigenvalue weighted by molar-refractivity contribution is -0.388. The highest BCUT2D eigenvalue weighted by Gasteiger charge is 2.28. The Bertz CT molecular complexity index is 1020. The molecule has 0 unspecified atom stereocenters. The molecule has 26 heavy (non-hydrogen) atoms. The Morgan fingerprint density at radius 3 is 2.81 bits per heavy atom. The van der Waals surface area contributed by atoms with Crippen LogP contribution in [0.4, 0.5) is 11.6 Å². The van der Waals surface area contributed by atoms with Crippen LogP contribution in [0.1, 0.15) is 5.69 Å². The third-order valence-electron chi connectivity index (χ3n) is 4.47. The van der Waals surface area contributed by atoms with E-state index >= 15 is 0 Å². The molecule has 1 aliphatic rings. The van der Waals surface area contributed by atoms with Gasteiger partial charge in [0.15, 0.2) is 4.96 Å². The number of imidazole rings is 1. The van der Waals surface area contributed by atoms with E-state index in [4.69, 9.17) is 0 Å². The summed E-state index contributed by atoms with van der Waals surface area (Å²) in [6, 6.07) is 1.57. The van der Waals surface area contributed by atoms with Crippen LogP contribution >= 0.6 is 11.3 Å². The van der Waals surface area contributed by atoms with Gasteiger partial charge in [-0.15, -0.1) is 11.3 Å². The minimum absolute atomic E-state index is 0.0737. The Balaban J connectivity index is 1.46. The fourth-order valence-corrected chi connectivity index (χ4v) is 3.96. The molecule has 1 saturated heterocycles. The van der Waals surface area contributed by atoms with Gasteiger partial charge < -0.3 is 15.0 Å². The highest BCUT2D eigenvalue weighted by Crippen LogP contribution is 2.26. The first-order valence-electron chi connectivity index (χ1n) is 8.12. The molecule has 136 valence electrons. The molecule has 0 saturated carbocycles. The van der Waals surface area contributed by atoms with Crippen molar-refractivity contribution < 1.29 is 4.92 Å². The standard InChI is InChI=1S/C15H17N7O3S/c1-18-10-16-13(22(24)25)14(18)20-4-2-19(3-5-20)9-11-8-12(23)21-6-7-26-15(21)17-11/h6-8,10H,2-5,9H2,1H3. The number of nitro groups is 1.